The van der Waals surface area contributed by atoms with Crippen molar-refractivity contribution in [2.24, 2.45) is 0 Å². The molecule has 1 aromatic heterocycles. The monoisotopic (exact) mass is 390 g/mol. The fraction of sp³-hybridized carbons (Fsp3) is 0.261. The van der Waals surface area contributed by atoms with Crippen LogP contribution in [0.15, 0.2) is 73.1 Å². The number of anilines is 1. The maximum atomic E-state index is 12.7. The zero-order chi connectivity index (χ0) is 20.9. The van der Waals surface area contributed by atoms with Gasteiger partial charge >= 0.3 is 0 Å². The van der Waals surface area contributed by atoms with Crippen LogP contribution >= 0.6 is 0 Å². The molecule has 3 rings (SSSR count). The number of rotatable bonds is 6. The smallest absolute Gasteiger partial charge is 0.251 e. The Balaban J connectivity index is 1.72. The number of carbonyl (C=O) groups excluding carboxylic acids is 2. The molecule has 1 heterocycles. The van der Waals surface area contributed by atoms with Crippen molar-refractivity contribution in [3.05, 3.63) is 84.2 Å². The Hall–Kier alpha value is -3.41. The van der Waals surface area contributed by atoms with E-state index in [0.29, 0.717) is 11.3 Å². The molecule has 0 saturated heterocycles. The molecule has 0 saturated carbocycles. The van der Waals surface area contributed by atoms with Gasteiger partial charge in [-0.15, -0.1) is 0 Å². The molecule has 150 valence electrons. The summed E-state index contributed by atoms with van der Waals surface area (Å²) in [6.07, 6.45) is 3.55. The maximum absolute atomic E-state index is 12.7. The Labute approximate surface area is 170 Å². The number of benzene rings is 2. The topological polar surface area (TPSA) is 76.0 Å². The predicted molar refractivity (Wildman–Crippen MR) is 114 cm³/mol. The van der Waals surface area contributed by atoms with E-state index in [9.17, 15) is 9.59 Å². The average Bonchev–Trinajstić information content (AvgIpc) is 3.17. The van der Waals surface area contributed by atoms with Crippen molar-refractivity contribution in [3.8, 4) is 0 Å². The quantitative estimate of drug-likeness (QED) is 0.664. The molecular weight excluding hydrogens is 364 g/mol. The summed E-state index contributed by atoms with van der Waals surface area (Å²) in [6.45, 7) is 6.11. The van der Waals surface area contributed by atoms with Gasteiger partial charge in [0, 0.05) is 11.8 Å². The van der Waals surface area contributed by atoms with Gasteiger partial charge in [0.2, 0.25) is 5.91 Å². The van der Waals surface area contributed by atoms with Crippen LogP contribution in [0.1, 0.15) is 49.2 Å². The van der Waals surface area contributed by atoms with Crippen LogP contribution in [0.4, 0.5) is 5.69 Å². The van der Waals surface area contributed by atoms with Crippen molar-refractivity contribution in [3.63, 3.8) is 0 Å². The molecule has 1 unspecified atom stereocenters. The van der Waals surface area contributed by atoms with Crippen LogP contribution < -0.4 is 10.6 Å². The number of nitrogens with zero attached hydrogens (tertiary/aromatic N) is 2. The number of aromatic nitrogens is 2. The van der Waals surface area contributed by atoms with Gasteiger partial charge < -0.3 is 10.6 Å². The highest BCUT2D eigenvalue weighted by atomic mass is 16.2. The number of hydrogen-bond acceptors (Lipinski definition) is 3. The van der Waals surface area contributed by atoms with Crippen molar-refractivity contribution in [1.82, 2.24) is 15.1 Å². The first-order valence-electron chi connectivity index (χ1n) is 9.59. The number of nitrogens with one attached hydrogen (secondary N) is 2. The highest BCUT2D eigenvalue weighted by molar-refractivity contribution is 5.95. The summed E-state index contributed by atoms with van der Waals surface area (Å²) in [6, 6.07) is 18.0. The Morgan fingerprint density at radius 1 is 1.00 bits per heavy atom. The summed E-state index contributed by atoms with van der Waals surface area (Å²) < 4.78 is 1.80. The molecule has 0 aliphatic carbocycles. The molecule has 29 heavy (non-hydrogen) atoms. The van der Waals surface area contributed by atoms with Gasteiger partial charge in [0.15, 0.2) is 0 Å². The normalized spacial score (nSPS) is 12.2. The third-order valence-electron chi connectivity index (χ3n) is 4.49. The third kappa shape index (κ3) is 5.54. The summed E-state index contributed by atoms with van der Waals surface area (Å²) in [5.74, 6) is -0.409. The van der Waals surface area contributed by atoms with E-state index in [1.165, 1.54) is 0 Å². The molecule has 3 aromatic rings. The van der Waals surface area contributed by atoms with E-state index in [4.69, 9.17) is 0 Å². The standard InChI is InChI=1S/C23H26N4O2/c1-23(2,3)27-16-19(15-24-27)25-21(28)14-20(17-10-6-4-7-11-17)26-22(29)18-12-8-5-9-13-18/h4-13,15-16,20H,14H2,1-3H3,(H,25,28)(H,26,29). The lowest BCUT2D eigenvalue weighted by Gasteiger charge is -2.19. The van der Waals surface area contributed by atoms with E-state index in [-0.39, 0.29) is 23.8 Å². The van der Waals surface area contributed by atoms with Gasteiger partial charge in [0.25, 0.3) is 5.91 Å². The van der Waals surface area contributed by atoms with Crippen LogP contribution in [0.25, 0.3) is 0 Å². The highest BCUT2D eigenvalue weighted by Gasteiger charge is 2.20. The Bertz CT molecular complexity index is 959. The number of carbonyl (C=O) groups is 2. The van der Waals surface area contributed by atoms with Gasteiger partial charge in [-0.2, -0.15) is 5.10 Å². The van der Waals surface area contributed by atoms with E-state index in [1.54, 1.807) is 29.2 Å². The first kappa shape index (κ1) is 20.3. The second-order valence-corrected chi connectivity index (χ2v) is 7.90. The number of amides is 2. The van der Waals surface area contributed by atoms with E-state index in [2.05, 4.69) is 15.7 Å². The lowest BCUT2D eigenvalue weighted by molar-refractivity contribution is -0.116. The molecule has 0 spiro atoms. The third-order valence-corrected chi connectivity index (χ3v) is 4.49. The minimum Gasteiger partial charge on any atom is -0.345 e. The molecule has 0 bridgehead atoms. The van der Waals surface area contributed by atoms with Gasteiger partial charge in [0.05, 0.1) is 29.9 Å². The molecule has 2 N–H and O–H groups in total. The molecule has 0 radical (unpaired) electrons. The molecule has 6 heteroatoms. The summed E-state index contributed by atoms with van der Waals surface area (Å²) in [5.41, 5.74) is 1.89. The van der Waals surface area contributed by atoms with E-state index >= 15 is 0 Å². The highest BCUT2D eigenvalue weighted by Crippen LogP contribution is 2.20. The summed E-state index contributed by atoms with van der Waals surface area (Å²) in [5, 5.41) is 10.1. The Kier molecular flexibility index (Phi) is 6.12. The van der Waals surface area contributed by atoms with Crippen molar-refractivity contribution in [2.45, 2.75) is 38.8 Å². The van der Waals surface area contributed by atoms with Gasteiger partial charge in [-0.3, -0.25) is 14.3 Å². The zero-order valence-electron chi connectivity index (χ0n) is 16.9. The first-order chi connectivity index (χ1) is 13.8. The Morgan fingerprint density at radius 2 is 1.62 bits per heavy atom. The van der Waals surface area contributed by atoms with E-state index in [1.807, 2.05) is 69.3 Å². The molecular formula is C23H26N4O2. The van der Waals surface area contributed by atoms with Crippen molar-refractivity contribution >= 4 is 17.5 Å². The molecule has 2 amide bonds. The van der Waals surface area contributed by atoms with Crippen LogP contribution in [0, 0.1) is 0 Å². The number of hydrogen-bond donors (Lipinski definition) is 2. The molecule has 0 aliphatic rings. The zero-order valence-corrected chi connectivity index (χ0v) is 16.9. The van der Waals surface area contributed by atoms with Crippen molar-refractivity contribution in [2.75, 3.05) is 5.32 Å². The molecule has 6 nitrogen and oxygen atoms in total. The van der Waals surface area contributed by atoms with Crippen LogP contribution in [-0.4, -0.2) is 21.6 Å². The van der Waals surface area contributed by atoms with E-state index < -0.39 is 6.04 Å². The lowest BCUT2D eigenvalue weighted by Crippen LogP contribution is -2.31. The van der Waals surface area contributed by atoms with Crippen LogP contribution in [0.2, 0.25) is 0 Å². The summed E-state index contributed by atoms with van der Waals surface area (Å²) >= 11 is 0. The van der Waals surface area contributed by atoms with Gasteiger partial charge in [0.1, 0.15) is 0 Å². The second-order valence-electron chi connectivity index (χ2n) is 7.90. The second kappa shape index (κ2) is 8.73. The lowest BCUT2D eigenvalue weighted by atomic mass is 10.0. The van der Waals surface area contributed by atoms with Gasteiger partial charge in [-0.1, -0.05) is 48.5 Å². The summed E-state index contributed by atoms with van der Waals surface area (Å²) in [7, 11) is 0. The molecule has 0 aliphatic heterocycles. The van der Waals surface area contributed by atoms with Crippen molar-refractivity contribution in [1.29, 1.82) is 0 Å². The largest absolute Gasteiger partial charge is 0.345 e. The first-order valence-corrected chi connectivity index (χ1v) is 9.59. The van der Waals surface area contributed by atoms with Crippen LogP contribution in [0.5, 0.6) is 0 Å². The fourth-order valence-electron chi connectivity index (χ4n) is 2.92. The average molecular weight is 390 g/mol. The molecule has 0 fully saturated rings. The maximum Gasteiger partial charge on any atom is 0.251 e. The SMILES string of the molecule is CC(C)(C)n1cc(NC(=O)CC(NC(=O)c2ccccc2)c2ccccc2)cn1. The van der Waals surface area contributed by atoms with Crippen LogP contribution in [0.3, 0.4) is 0 Å². The molecule has 2 aromatic carbocycles. The van der Waals surface area contributed by atoms with Gasteiger partial charge in [-0.05, 0) is 38.5 Å². The van der Waals surface area contributed by atoms with Crippen molar-refractivity contribution < 1.29 is 9.59 Å². The minimum absolute atomic E-state index is 0.114. The molecule has 1 atom stereocenters. The van der Waals surface area contributed by atoms with E-state index in [0.717, 1.165) is 5.56 Å². The minimum atomic E-state index is -0.443. The van der Waals surface area contributed by atoms with Crippen LogP contribution in [-0.2, 0) is 10.3 Å². The fourth-order valence-corrected chi connectivity index (χ4v) is 2.92. The summed E-state index contributed by atoms with van der Waals surface area (Å²) in [4.78, 5) is 25.3. The Morgan fingerprint density at radius 3 is 2.21 bits per heavy atom. The van der Waals surface area contributed by atoms with Gasteiger partial charge in [-0.25, -0.2) is 0 Å². The predicted octanol–water partition coefficient (Wildman–Crippen LogP) is 4.14.